The minimum absolute atomic E-state index is 0.0302. The molecule has 43 heavy (non-hydrogen) atoms. The normalized spacial score (nSPS) is 20.5. The lowest BCUT2D eigenvalue weighted by Gasteiger charge is -2.41. The van der Waals surface area contributed by atoms with Gasteiger partial charge in [0.1, 0.15) is 12.0 Å². The second kappa shape index (κ2) is 13.6. The van der Waals surface area contributed by atoms with Gasteiger partial charge in [-0.3, -0.25) is 19.4 Å². The van der Waals surface area contributed by atoms with E-state index in [0.717, 1.165) is 56.1 Å². The number of aliphatic hydroxyl groups is 1. The molecule has 0 saturated carbocycles. The monoisotopic (exact) mass is 591 g/mol. The van der Waals surface area contributed by atoms with Crippen LogP contribution in [0, 0.1) is 11.7 Å². The fraction of sp³-hybridized carbons (Fsp3) is 0.531. The van der Waals surface area contributed by atoms with Crippen LogP contribution in [0.1, 0.15) is 34.5 Å². The van der Waals surface area contributed by atoms with Gasteiger partial charge < -0.3 is 20.2 Å². The number of hydrogen-bond acceptors (Lipinski definition) is 8. The SMILES string of the molecule is O=C(c1cc(Cc2n[nH]c(=O)c3ccccc23)ccc1F)N1CCN(C(O)CN2CCN(CC3CCNCC3)CC2)CC1. The Balaban J connectivity index is 1.00. The molecule has 3 aromatic rings. The van der Waals surface area contributed by atoms with E-state index in [4.69, 9.17) is 0 Å². The van der Waals surface area contributed by atoms with Gasteiger partial charge in [-0.25, -0.2) is 9.49 Å². The fourth-order valence-electron chi connectivity index (χ4n) is 6.67. The van der Waals surface area contributed by atoms with Crippen LogP contribution < -0.4 is 10.9 Å². The second-order valence-corrected chi connectivity index (χ2v) is 12.1. The van der Waals surface area contributed by atoms with Crippen LogP contribution in [0.3, 0.4) is 0 Å². The summed E-state index contributed by atoms with van der Waals surface area (Å²) in [4.78, 5) is 34.1. The standard InChI is InChI=1S/C32H42FN7O3/c33-28-6-5-24(20-29-25-3-1-2-4-26(25)31(42)36-35-29)19-27(28)32(43)40-17-15-39(16-18-40)30(41)22-38-13-11-37(12-14-38)21-23-7-9-34-10-8-23/h1-6,19,23,30,34,41H,7-18,20-22H2,(H,36,42). The summed E-state index contributed by atoms with van der Waals surface area (Å²) in [6.07, 6.45) is 2.28. The van der Waals surface area contributed by atoms with Crippen molar-refractivity contribution in [3.05, 3.63) is 75.5 Å². The minimum Gasteiger partial charge on any atom is -0.377 e. The lowest BCUT2D eigenvalue weighted by atomic mass is 9.97. The van der Waals surface area contributed by atoms with Crippen LogP contribution >= 0.6 is 0 Å². The summed E-state index contributed by atoms with van der Waals surface area (Å²) in [5.41, 5.74) is 1.16. The first kappa shape index (κ1) is 29.8. The van der Waals surface area contributed by atoms with E-state index in [1.165, 1.54) is 25.5 Å². The molecule has 0 spiro atoms. The Kier molecular flexibility index (Phi) is 9.44. The highest BCUT2D eigenvalue weighted by Crippen LogP contribution is 2.21. The van der Waals surface area contributed by atoms with Crippen LogP contribution in [0.15, 0.2) is 47.3 Å². The van der Waals surface area contributed by atoms with Crippen molar-refractivity contribution in [2.24, 2.45) is 5.92 Å². The average molecular weight is 592 g/mol. The third-order valence-corrected chi connectivity index (χ3v) is 9.29. The van der Waals surface area contributed by atoms with Crippen LogP contribution in [0.4, 0.5) is 4.39 Å². The summed E-state index contributed by atoms with van der Waals surface area (Å²) in [5, 5.41) is 22.4. The molecule has 0 aliphatic carbocycles. The smallest absolute Gasteiger partial charge is 0.272 e. The molecule has 10 nitrogen and oxygen atoms in total. The average Bonchev–Trinajstić information content (AvgIpc) is 3.04. The van der Waals surface area contributed by atoms with Crippen LogP contribution in [0.2, 0.25) is 0 Å². The van der Waals surface area contributed by atoms with Gasteiger partial charge in [-0.05, 0) is 55.6 Å². The lowest BCUT2D eigenvalue weighted by molar-refractivity contribution is -0.0472. The van der Waals surface area contributed by atoms with Gasteiger partial charge >= 0.3 is 0 Å². The van der Waals surface area contributed by atoms with E-state index in [1.54, 1.807) is 29.2 Å². The van der Waals surface area contributed by atoms with Crippen molar-refractivity contribution >= 4 is 16.7 Å². The molecule has 6 rings (SSSR count). The minimum atomic E-state index is -0.590. The van der Waals surface area contributed by atoms with Gasteiger partial charge in [-0.2, -0.15) is 5.10 Å². The van der Waals surface area contributed by atoms with Gasteiger partial charge in [0.2, 0.25) is 0 Å². The van der Waals surface area contributed by atoms with Gasteiger partial charge in [0, 0.05) is 77.3 Å². The molecule has 4 heterocycles. The highest BCUT2D eigenvalue weighted by Gasteiger charge is 2.29. The Morgan fingerprint density at radius 2 is 1.65 bits per heavy atom. The summed E-state index contributed by atoms with van der Waals surface area (Å²) in [6.45, 7) is 9.96. The number of nitrogens with zero attached hydrogens (tertiary/aromatic N) is 5. The largest absolute Gasteiger partial charge is 0.377 e. The number of hydrogen-bond donors (Lipinski definition) is 3. The molecule has 11 heteroatoms. The molecular weight excluding hydrogens is 549 g/mol. The van der Waals surface area contributed by atoms with Crippen molar-refractivity contribution in [1.82, 2.24) is 35.1 Å². The number of aromatic nitrogens is 2. The zero-order valence-electron chi connectivity index (χ0n) is 24.7. The Bertz CT molecular complexity index is 1460. The van der Waals surface area contributed by atoms with Crippen molar-refractivity contribution in [3.63, 3.8) is 0 Å². The van der Waals surface area contributed by atoms with Crippen LogP contribution in [-0.2, 0) is 6.42 Å². The maximum atomic E-state index is 14.9. The van der Waals surface area contributed by atoms with Gasteiger partial charge in [-0.1, -0.05) is 24.3 Å². The molecule has 3 N–H and O–H groups in total. The van der Waals surface area contributed by atoms with E-state index >= 15 is 0 Å². The number of aromatic amines is 1. The van der Waals surface area contributed by atoms with Gasteiger partial charge in [-0.15, -0.1) is 0 Å². The Labute approximate surface area is 251 Å². The van der Waals surface area contributed by atoms with Crippen LogP contribution in [0.5, 0.6) is 0 Å². The number of carbonyl (C=O) groups is 1. The molecule has 3 aliphatic rings. The maximum Gasteiger partial charge on any atom is 0.272 e. The van der Waals surface area contributed by atoms with E-state index < -0.39 is 12.0 Å². The van der Waals surface area contributed by atoms with Crippen molar-refractivity contribution < 1.29 is 14.3 Å². The predicted molar refractivity (Wildman–Crippen MR) is 164 cm³/mol. The molecule has 0 bridgehead atoms. The topological polar surface area (TPSA) is 108 Å². The summed E-state index contributed by atoms with van der Waals surface area (Å²) in [5.74, 6) is -0.117. The van der Waals surface area contributed by atoms with Crippen molar-refractivity contribution in [2.45, 2.75) is 25.5 Å². The second-order valence-electron chi connectivity index (χ2n) is 12.1. The molecule has 2 aromatic carbocycles. The number of halogens is 1. The first-order valence-corrected chi connectivity index (χ1v) is 15.6. The fourth-order valence-corrected chi connectivity index (χ4v) is 6.67. The number of piperazine rings is 2. The first-order valence-electron chi connectivity index (χ1n) is 15.6. The molecule has 3 aliphatic heterocycles. The number of carbonyl (C=O) groups excluding carboxylic acids is 1. The highest BCUT2D eigenvalue weighted by molar-refractivity contribution is 5.95. The molecular formula is C32H42FN7O3. The molecule has 1 aromatic heterocycles. The van der Waals surface area contributed by atoms with E-state index in [1.807, 2.05) is 17.0 Å². The Morgan fingerprint density at radius 3 is 2.40 bits per heavy atom. The summed E-state index contributed by atoms with van der Waals surface area (Å²) in [6, 6.07) is 11.8. The quantitative estimate of drug-likeness (QED) is 0.361. The molecule has 1 unspecified atom stereocenters. The number of β-amino-alcohol motifs (C(OH)–C–C–N with tert-alkyl or cyclic N) is 1. The number of aliphatic hydroxyl groups excluding tert-OH is 1. The summed E-state index contributed by atoms with van der Waals surface area (Å²) >= 11 is 0. The zero-order valence-corrected chi connectivity index (χ0v) is 24.7. The third kappa shape index (κ3) is 7.13. The summed E-state index contributed by atoms with van der Waals surface area (Å²) < 4.78 is 14.9. The molecule has 230 valence electrons. The Hall–Kier alpha value is -3.22. The number of benzene rings is 2. The van der Waals surface area contributed by atoms with E-state index in [9.17, 15) is 19.1 Å². The molecule has 1 amide bonds. The lowest BCUT2D eigenvalue weighted by Crippen LogP contribution is -2.56. The zero-order chi connectivity index (χ0) is 29.8. The van der Waals surface area contributed by atoms with Crippen molar-refractivity contribution in [2.75, 3.05) is 78.5 Å². The van der Waals surface area contributed by atoms with Crippen molar-refractivity contribution in [1.29, 1.82) is 0 Å². The number of fused-ring (bicyclic) bond motifs is 1. The van der Waals surface area contributed by atoms with E-state index in [0.29, 0.717) is 50.2 Å². The molecule has 3 fully saturated rings. The molecule has 1 atom stereocenters. The summed E-state index contributed by atoms with van der Waals surface area (Å²) in [7, 11) is 0. The predicted octanol–water partition coefficient (Wildman–Crippen LogP) is 1.35. The first-order chi connectivity index (χ1) is 20.9. The maximum absolute atomic E-state index is 14.9. The van der Waals surface area contributed by atoms with Crippen LogP contribution in [0.25, 0.3) is 10.8 Å². The Morgan fingerprint density at radius 1 is 0.953 bits per heavy atom. The van der Waals surface area contributed by atoms with Gasteiger partial charge in [0.15, 0.2) is 0 Å². The molecule has 0 radical (unpaired) electrons. The highest BCUT2D eigenvalue weighted by atomic mass is 19.1. The van der Waals surface area contributed by atoms with Gasteiger partial charge in [0.05, 0.1) is 16.6 Å². The van der Waals surface area contributed by atoms with Gasteiger partial charge in [0.25, 0.3) is 11.5 Å². The van der Waals surface area contributed by atoms with Crippen LogP contribution in [-0.4, -0.2) is 126 Å². The number of rotatable bonds is 8. The van der Waals surface area contributed by atoms with Crippen molar-refractivity contribution in [3.8, 4) is 0 Å². The number of piperidine rings is 1. The number of H-pyrrole nitrogens is 1. The third-order valence-electron chi connectivity index (χ3n) is 9.29. The molecule has 3 saturated heterocycles. The number of nitrogens with one attached hydrogen (secondary N) is 2. The number of amides is 1. The van der Waals surface area contributed by atoms with E-state index in [2.05, 4.69) is 25.3 Å². The van der Waals surface area contributed by atoms with E-state index in [-0.39, 0.29) is 17.0 Å².